The van der Waals surface area contributed by atoms with Crippen LogP contribution in [0.3, 0.4) is 0 Å². The van der Waals surface area contributed by atoms with E-state index in [0.717, 1.165) is 4.47 Å². The molecule has 1 aliphatic rings. The van der Waals surface area contributed by atoms with Crippen LogP contribution in [0.4, 0.5) is 8.78 Å². The molecule has 1 atom stereocenters. The summed E-state index contributed by atoms with van der Waals surface area (Å²) in [6, 6.07) is 3.37. The lowest BCUT2D eigenvalue weighted by molar-refractivity contribution is 0.111. The van der Waals surface area contributed by atoms with Gasteiger partial charge in [0.15, 0.2) is 0 Å². The summed E-state index contributed by atoms with van der Waals surface area (Å²) in [7, 11) is 0. The van der Waals surface area contributed by atoms with E-state index in [4.69, 9.17) is 0 Å². The Labute approximate surface area is 76.9 Å². The van der Waals surface area contributed by atoms with E-state index in [1.54, 1.807) is 18.3 Å². The Hall–Kier alpha value is -0.510. The quantitative estimate of drug-likeness (QED) is 0.727. The molecule has 1 aliphatic carbocycles. The first-order valence-corrected chi connectivity index (χ1v) is 4.38. The van der Waals surface area contributed by atoms with Gasteiger partial charge in [0, 0.05) is 22.8 Å². The fraction of sp³-hybridized carbons (Fsp3) is 0.375. The van der Waals surface area contributed by atoms with Gasteiger partial charge in [-0.3, -0.25) is 4.98 Å². The van der Waals surface area contributed by atoms with Gasteiger partial charge in [-0.05, 0) is 28.1 Å². The van der Waals surface area contributed by atoms with E-state index in [1.165, 1.54) is 0 Å². The third kappa shape index (κ3) is 1.35. The van der Waals surface area contributed by atoms with Crippen molar-refractivity contribution in [1.82, 2.24) is 4.98 Å². The molecule has 1 saturated carbocycles. The average molecular weight is 234 g/mol. The second-order valence-corrected chi connectivity index (χ2v) is 3.83. The van der Waals surface area contributed by atoms with E-state index in [9.17, 15) is 8.78 Å². The Kier molecular flexibility index (Phi) is 1.68. The van der Waals surface area contributed by atoms with Gasteiger partial charge in [0.25, 0.3) is 5.92 Å². The zero-order valence-corrected chi connectivity index (χ0v) is 7.68. The number of halogens is 3. The maximum absolute atomic E-state index is 12.5. The third-order valence-electron chi connectivity index (χ3n) is 1.93. The molecule has 2 rings (SSSR count). The Bertz CT molecular complexity index is 296. The third-order valence-corrected chi connectivity index (χ3v) is 2.40. The molecular formula is C8H6BrF2N. The molecule has 64 valence electrons. The Balaban J connectivity index is 2.21. The van der Waals surface area contributed by atoms with E-state index in [2.05, 4.69) is 20.9 Å². The highest BCUT2D eigenvalue weighted by Gasteiger charge is 2.58. The van der Waals surface area contributed by atoms with Gasteiger partial charge in [-0.2, -0.15) is 0 Å². The van der Waals surface area contributed by atoms with Crippen molar-refractivity contribution < 1.29 is 8.78 Å². The second-order valence-electron chi connectivity index (χ2n) is 2.92. The normalized spacial score (nSPS) is 25.4. The molecule has 0 bridgehead atoms. The Morgan fingerprint density at radius 3 is 2.58 bits per heavy atom. The lowest BCUT2D eigenvalue weighted by atomic mass is 10.2. The number of nitrogens with zero attached hydrogens (tertiary/aromatic N) is 1. The molecule has 0 radical (unpaired) electrons. The number of hydrogen-bond acceptors (Lipinski definition) is 1. The minimum Gasteiger partial charge on any atom is -0.260 e. The van der Waals surface area contributed by atoms with Gasteiger partial charge < -0.3 is 0 Å². The van der Waals surface area contributed by atoms with Crippen LogP contribution in [0.1, 0.15) is 18.0 Å². The van der Waals surface area contributed by atoms with E-state index in [1.807, 2.05) is 0 Å². The van der Waals surface area contributed by atoms with Crippen LogP contribution in [0, 0.1) is 0 Å². The van der Waals surface area contributed by atoms with Gasteiger partial charge in [-0.25, -0.2) is 8.78 Å². The molecule has 1 heterocycles. The maximum Gasteiger partial charge on any atom is 0.257 e. The topological polar surface area (TPSA) is 12.9 Å². The van der Waals surface area contributed by atoms with Crippen molar-refractivity contribution in [1.29, 1.82) is 0 Å². The lowest BCUT2D eigenvalue weighted by Gasteiger charge is -1.97. The van der Waals surface area contributed by atoms with Gasteiger partial charge in [0.2, 0.25) is 0 Å². The molecule has 1 aromatic rings. The highest BCUT2D eigenvalue weighted by atomic mass is 79.9. The molecule has 0 saturated heterocycles. The van der Waals surface area contributed by atoms with Crippen molar-refractivity contribution in [2.75, 3.05) is 0 Å². The largest absolute Gasteiger partial charge is 0.260 e. The summed E-state index contributed by atoms with van der Waals surface area (Å²) in [5.41, 5.74) is 0.489. The van der Waals surface area contributed by atoms with Crippen LogP contribution in [0.15, 0.2) is 22.8 Å². The Morgan fingerprint density at radius 1 is 1.50 bits per heavy atom. The predicted molar refractivity (Wildman–Crippen MR) is 44.2 cm³/mol. The zero-order chi connectivity index (χ0) is 8.77. The summed E-state index contributed by atoms with van der Waals surface area (Å²) in [6.07, 6.45) is 1.49. The molecule has 0 spiro atoms. The lowest BCUT2D eigenvalue weighted by Crippen LogP contribution is -1.94. The van der Waals surface area contributed by atoms with Gasteiger partial charge >= 0.3 is 0 Å². The predicted octanol–water partition coefficient (Wildman–Crippen LogP) is 2.97. The first-order valence-electron chi connectivity index (χ1n) is 3.59. The molecule has 0 aromatic carbocycles. The minimum atomic E-state index is -2.51. The number of aromatic nitrogens is 1. The SMILES string of the molecule is FC1(F)CC1c1ccc(Br)cn1. The summed E-state index contributed by atoms with van der Waals surface area (Å²) >= 11 is 3.19. The molecule has 1 nitrogen and oxygen atoms in total. The van der Waals surface area contributed by atoms with Gasteiger partial charge in [-0.15, -0.1) is 0 Å². The molecule has 1 fully saturated rings. The molecule has 0 N–H and O–H groups in total. The fourth-order valence-electron chi connectivity index (χ4n) is 1.13. The van der Waals surface area contributed by atoms with Crippen LogP contribution in [0.2, 0.25) is 0 Å². The molecular weight excluding hydrogens is 228 g/mol. The number of alkyl halides is 2. The van der Waals surface area contributed by atoms with Gasteiger partial charge in [0.1, 0.15) is 0 Å². The summed E-state index contributed by atoms with van der Waals surface area (Å²) in [6.45, 7) is 0. The van der Waals surface area contributed by atoms with Crippen LogP contribution >= 0.6 is 15.9 Å². The Morgan fingerprint density at radius 2 is 2.17 bits per heavy atom. The maximum atomic E-state index is 12.5. The van der Waals surface area contributed by atoms with Gasteiger partial charge in [-0.1, -0.05) is 0 Å². The van der Waals surface area contributed by atoms with Crippen molar-refractivity contribution in [2.24, 2.45) is 0 Å². The summed E-state index contributed by atoms with van der Waals surface area (Å²) in [5.74, 6) is -3.16. The van der Waals surface area contributed by atoms with E-state index in [-0.39, 0.29) is 6.42 Å². The van der Waals surface area contributed by atoms with Crippen molar-refractivity contribution >= 4 is 15.9 Å². The highest BCUT2D eigenvalue weighted by molar-refractivity contribution is 9.10. The average Bonchev–Trinajstić information content (AvgIpc) is 2.61. The minimum absolute atomic E-state index is 0.0539. The van der Waals surface area contributed by atoms with Crippen molar-refractivity contribution in [3.05, 3.63) is 28.5 Å². The fourth-order valence-corrected chi connectivity index (χ4v) is 1.36. The zero-order valence-electron chi connectivity index (χ0n) is 6.10. The number of hydrogen-bond donors (Lipinski definition) is 0. The summed E-state index contributed by atoms with van der Waals surface area (Å²) < 4.78 is 25.9. The molecule has 4 heteroatoms. The second kappa shape index (κ2) is 2.49. The highest BCUT2D eigenvalue weighted by Crippen LogP contribution is 2.55. The summed E-state index contributed by atoms with van der Waals surface area (Å²) in [5, 5.41) is 0. The summed E-state index contributed by atoms with van der Waals surface area (Å²) in [4.78, 5) is 3.91. The van der Waals surface area contributed by atoms with Crippen LogP contribution in [-0.4, -0.2) is 10.9 Å². The van der Waals surface area contributed by atoms with E-state index < -0.39 is 11.8 Å². The van der Waals surface area contributed by atoms with Crippen molar-refractivity contribution in [3.63, 3.8) is 0 Å². The van der Waals surface area contributed by atoms with Gasteiger partial charge in [0.05, 0.1) is 5.92 Å². The monoisotopic (exact) mass is 233 g/mol. The standard InChI is InChI=1S/C8H6BrF2N/c9-5-1-2-7(12-4-5)6-3-8(6,10)11/h1-2,4,6H,3H2. The molecule has 1 unspecified atom stereocenters. The first kappa shape index (κ1) is 8.10. The molecule has 0 aliphatic heterocycles. The van der Waals surface area contributed by atoms with Crippen molar-refractivity contribution in [2.45, 2.75) is 18.3 Å². The van der Waals surface area contributed by atoms with Crippen LogP contribution in [0.5, 0.6) is 0 Å². The smallest absolute Gasteiger partial charge is 0.257 e. The molecule has 12 heavy (non-hydrogen) atoms. The van der Waals surface area contributed by atoms with E-state index in [0.29, 0.717) is 5.69 Å². The van der Waals surface area contributed by atoms with Crippen LogP contribution in [0.25, 0.3) is 0 Å². The first-order chi connectivity index (χ1) is 5.59. The van der Waals surface area contributed by atoms with Crippen LogP contribution in [-0.2, 0) is 0 Å². The van der Waals surface area contributed by atoms with Crippen molar-refractivity contribution in [3.8, 4) is 0 Å². The number of pyridine rings is 1. The molecule has 0 amide bonds. The number of rotatable bonds is 1. The molecule has 1 aromatic heterocycles. The van der Waals surface area contributed by atoms with E-state index >= 15 is 0 Å². The van der Waals surface area contributed by atoms with Crippen LogP contribution < -0.4 is 0 Å².